The van der Waals surface area contributed by atoms with Crippen molar-refractivity contribution >= 4 is 31.9 Å². The van der Waals surface area contributed by atoms with Gasteiger partial charge in [0.15, 0.2) is 0 Å². The van der Waals surface area contributed by atoms with Gasteiger partial charge in [-0.25, -0.2) is 0 Å². The van der Waals surface area contributed by atoms with Gasteiger partial charge in [-0.2, -0.15) is 0 Å². The average molecular weight is 518 g/mol. The van der Waals surface area contributed by atoms with Gasteiger partial charge in [0.1, 0.15) is 11.7 Å². The van der Waals surface area contributed by atoms with Crippen LogP contribution in [0.15, 0.2) is 77.3 Å². The Morgan fingerprint density at radius 2 is 1.68 bits per heavy atom. The summed E-state index contributed by atoms with van der Waals surface area (Å²) in [5.41, 5.74) is 0.852. The molecule has 2 aromatic rings. The van der Waals surface area contributed by atoms with E-state index in [4.69, 9.17) is 4.74 Å². The maximum absolute atomic E-state index is 13.2. The third-order valence-corrected chi connectivity index (χ3v) is 5.52. The van der Waals surface area contributed by atoms with Crippen LogP contribution in [0.3, 0.4) is 0 Å². The lowest BCUT2D eigenvalue weighted by Crippen LogP contribution is -2.45. The van der Waals surface area contributed by atoms with Gasteiger partial charge in [-0.15, -0.1) is 13.2 Å². The Bertz CT molecular complexity index is 865. The molecule has 0 saturated heterocycles. The molecule has 0 N–H and O–H groups in total. The van der Waals surface area contributed by atoms with Crippen LogP contribution in [0.4, 0.5) is 13.2 Å². The Morgan fingerprint density at radius 1 is 1.00 bits per heavy atom. The maximum atomic E-state index is 13.2. The van der Waals surface area contributed by atoms with Gasteiger partial charge in [0, 0.05) is 9.81 Å². The molecule has 0 fully saturated rings. The summed E-state index contributed by atoms with van der Waals surface area (Å²) in [6.07, 6.45) is -1.52. The first kappa shape index (κ1) is 21.3. The third kappa shape index (κ3) is 4.95. The molecule has 3 rings (SSSR count). The molecule has 7 heteroatoms. The topological polar surface area (TPSA) is 18.5 Å². The standard InChI is InChI=1S/C21H17Br2F3O2/c22-13-16-8-4-5-9-18(16)20(27-14-15-6-2-1-3-7-15)11-10-17(23)12-19(20)28-21(24,25)26/h1-12,19H,13-14H2. The minimum Gasteiger partial charge on any atom is -0.358 e. The third-order valence-electron chi connectivity index (χ3n) is 4.39. The van der Waals surface area contributed by atoms with Crippen LogP contribution in [-0.2, 0) is 27.0 Å². The van der Waals surface area contributed by atoms with Gasteiger partial charge < -0.3 is 4.74 Å². The fraction of sp³-hybridized carbons (Fsp3) is 0.238. The summed E-state index contributed by atoms with van der Waals surface area (Å²) in [6, 6.07) is 16.5. The van der Waals surface area contributed by atoms with Crippen molar-refractivity contribution in [2.75, 3.05) is 0 Å². The first-order chi connectivity index (χ1) is 13.3. The van der Waals surface area contributed by atoms with E-state index in [1.165, 1.54) is 6.08 Å². The van der Waals surface area contributed by atoms with Crippen molar-refractivity contribution < 1.29 is 22.6 Å². The zero-order valence-corrected chi connectivity index (χ0v) is 17.8. The smallest absolute Gasteiger partial charge is 0.358 e. The number of hydrogen-bond donors (Lipinski definition) is 0. The molecule has 2 unspecified atom stereocenters. The minimum absolute atomic E-state index is 0.130. The molecule has 0 heterocycles. The highest BCUT2D eigenvalue weighted by molar-refractivity contribution is 9.11. The van der Waals surface area contributed by atoms with Crippen molar-refractivity contribution in [1.29, 1.82) is 0 Å². The second-order valence-electron chi connectivity index (χ2n) is 6.23. The highest BCUT2D eigenvalue weighted by Crippen LogP contribution is 2.43. The molecule has 0 saturated carbocycles. The van der Waals surface area contributed by atoms with Crippen molar-refractivity contribution in [1.82, 2.24) is 0 Å². The van der Waals surface area contributed by atoms with Gasteiger partial charge in [0.25, 0.3) is 0 Å². The number of benzene rings is 2. The number of hydrogen-bond acceptors (Lipinski definition) is 2. The summed E-state index contributed by atoms with van der Waals surface area (Å²) in [4.78, 5) is 0. The Balaban J connectivity index is 2.08. The quantitative estimate of drug-likeness (QED) is 0.395. The predicted octanol–water partition coefficient (Wildman–Crippen LogP) is 6.75. The molecular formula is C21H17Br2F3O2. The Kier molecular flexibility index (Phi) is 6.81. The fourth-order valence-electron chi connectivity index (χ4n) is 3.13. The predicted molar refractivity (Wildman–Crippen MR) is 109 cm³/mol. The van der Waals surface area contributed by atoms with Crippen molar-refractivity contribution in [2.45, 2.75) is 30.0 Å². The number of ether oxygens (including phenoxy) is 2. The lowest BCUT2D eigenvalue weighted by molar-refractivity contribution is -0.353. The molecule has 0 aliphatic heterocycles. The first-order valence-corrected chi connectivity index (χ1v) is 10.4. The second kappa shape index (κ2) is 8.95. The molecule has 2 atom stereocenters. The van der Waals surface area contributed by atoms with Crippen LogP contribution in [0, 0.1) is 0 Å². The van der Waals surface area contributed by atoms with Gasteiger partial charge in [-0.3, -0.25) is 4.74 Å². The van der Waals surface area contributed by atoms with Crippen LogP contribution < -0.4 is 0 Å². The van der Waals surface area contributed by atoms with E-state index in [9.17, 15) is 13.2 Å². The van der Waals surface area contributed by atoms with Crippen LogP contribution in [-0.4, -0.2) is 12.5 Å². The lowest BCUT2D eigenvalue weighted by atomic mass is 9.82. The Hall–Kier alpha value is -1.41. The summed E-state index contributed by atoms with van der Waals surface area (Å²) in [7, 11) is 0. The molecule has 28 heavy (non-hydrogen) atoms. The highest BCUT2D eigenvalue weighted by Gasteiger charge is 2.47. The Labute approximate surface area is 178 Å². The largest absolute Gasteiger partial charge is 0.523 e. The monoisotopic (exact) mass is 516 g/mol. The molecule has 0 bridgehead atoms. The van der Waals surface area contributed by atoms with Gasteiger partial charge in [0.05, 0.1) is 6.61 Å². The summed E-state index contributed by atoms with van der Waals surface area (Å²) in [6.45, 7) is 0.130. The molecular weight excluding hydrogens is 501 g/mol. The minimum atomic E-state index is -4.82. The highest BCUT2D eigenvalue weighted by atomic mass is 79.9. The molecule has 1 aliphatic carbocycles. The Morgan fingerprint density at radius 3 is 2.36 bits per heavy atom. The molecule has 1 aliphatic rings. The van der Waals surface area contributed by atoms with Crippen molar-refractivity contribution in [2.24, 2.45) is 0 Å². The molecule has 0 aromatic heterocycles. The molecule has 0 radical (unpaired) electrons. The van der Waals surface area contributed by atoms with E-state index in [-0.39, 0.29) is 6.61 Å². The zero-order chi connectivity index (χ0) is 20.2. The van der Waals surface area contributed by atoms with Crippen molar-refractivity contribution in [3.8, 4) is 0 Å². The van der Waals surface area contributed by atoms with Crippen molar-refractivity contribution in [3.05, 3.63) is 94.0 Å². The van der Waals surface area contributed by atoms with E-state index in [2.05, 4.69) is 36.6 Å². The van der Waals surface area contributed by atoms with Gasteiger partial charge in [-0.1, -0.05) is 86.5 Å². The van der Waals surface area contributed by atoms with E-state index in [1.54, 1.807) is 24.3 Å². The molecule has 0 amide bonds. The van der Waals surface area contributed by atoms with E-state index in [0.717, 1.165) is 11.1 Å². The summed E-state index contributed by atoms with van der Waals surface area (Å²) in [5.74, 6) is 0. The van der Waals surface area contributed by atoms with Gasteiger partial charge in [-0.05, 0) is 34.9 Å². The van der Waals surface area contributed by atoms with E-state index in [1.807, 2.05) is 42.5 Å². The van der Waals surface area contributed by atoms with Crippen LogP contribution in [0.5, 0.6) is 0 Å². The van der Waals surface area contributed by atoms with Crippen molar-refractivity contribution in [3.63, 3.8) is 0 Å². The number of rotatable bonds is 6. The van der Waals surface area contributed by atoms with Crippen LogP contribution in [0.2, 0.25) is 0 Å². The summed E-state index contributed by atoms with van der Waals surface area (Å²) < 4.78 is 50.8. The lowest BCUT2D eigenvalue weighted by Gasteiger charge is -2.40. The SMILES string of the molecule is FC(F)(F)OC1C=C(Br)C=CC1(OCc1ccccc1)c1ccccc1CBr. The van der Waals surface area contributed by atoms with E-state index in [0.29, 0.717) is 15.4 Å². The molecule has 0 spiro atoms. The fourth-order valence-corrected chi connectivity index (χ4v) is 4.00. The van der Waals surface area contributed by atoms with Gasteiger partial charge >= 0.3 is 6.36 Å². The normalized spacial score (nSPS) is 22.2. The van der Waals surface area contributed by atoms with Crippen LogP contribution in [0.25, 0.3) is 0 Å². The number of halogens is 5. The molecule has 148 valence electrons. The van der Waals surface area contributed by atoms with Gasteiger partial charge in [0.2, 0.25) is 0 Å². The second-order valence-corrected chi connectivity index (χ2v) is 7.70. The number of allylic oxidation sites excluding steroid dienone is 2. The van der Waals surface area contributed by atoms with Crippen LogP contribution >= 0.6 is 31.9 Å². The number of alkyl halides is 4. The van der Waals surface area contributed by atoms with Crippen LogP contribution in [0.1, 0.15) is 16.7 Å². The first-order valence-electron chi connectivity index (χ1n) is 8.47. The average Bonchev–Trinajstić information content (AvgIpc) is 2.67. The molecule has 2 aromatic carbocycles. The van der Waals surface area contributed by atoms with E-state index >= 15 is 0 Å². The van der Waals surface area contributed by atoms with E-state index < -0.39 is 18.1 Å². The summed E-state index contributed by atoms with van der Waals surface area (Å²) >= 11 is 6.68. The maximum Gasteiger partial charge on any atom is 0.523 e. The summed E-state index contributed by atoms with van der Waals surface area (Å²) in [5, 5.41) is 0.469. The zero-order valence-electron chi connectivity index (χ0n) is 14.6. The molecule has 2 nitrogen and oxygen atoms in total.